The Balaban J connectivity index is 1.35. The monoisotopic (exact) mass is 614 g/mol. The van der Waals surface area contributed by atoms with E-state index in [-0.39, 0.29) is 29.5 Å². The van der Waals surface area contributed by atoms with Gasteiger partial charge in [-0.1, -0.05) is 18.7 Å². The Labute approximate surface area is 259 Å². The molecule has 0 radical (unpaired) electrons. The van der Waals surface area contributed by atoms with Crippen molar-refractivity contribution in [3.05, 3.63) is 76.5 Å². The highest BCUT2D eigenvalue weighted by molar-refractivity contribution is 7.99. The highest BCUT2D eigenvalue weighted by Crippen LogP contribution is 2.46. The zero-order valence-electron chi connectivity index (χ0n) is 25.2. The highest BCUT2D eigenvalue weighted by atomic mass is 32.2. The van der Waals surface area contributed by atoms with Crippen LogP contribution in [0.4, 0.5) is 10.2 Å². The van der Waals surface area contributed by atoms with Gasteiger partial charge in [0, 0.05) is 66.9 Å². The Hall–Kier alpha value is -4.03. The average Bonchev–Trinajstić information content (AvgIpc) is 3.39. The van der Waals surface area contributed by atoms with Gasteiger partial charge in [0.15, 0.2) is 0 Å². The van der Waals surface area contributed by atoms with Gasteiger partial charge in [0.1, 0.15) is 23.3 Å². The Morgan fingerprint density at radius 3 is 2.68 bits per heavy atom. The number of hydrogen-bond acceptors (Lipinski definition) is 8. The van der Waals surface area contributed by atoms with Gasteiger partial charge < -0.3 is 14.4 Å². The van der Waals surface area contributed by atoms with Crippen LogP contribution in [0.1, 0.15) is 30.2 Å². The van der Waals surface area contributed by atoms with Crippen LogP contribution in [0, 0.1) is 19.7 Å². The Morgan fingerprint density at radius 2 is 1.93 bits per heavy atom. The van der Waals surface area contributed by atoms with Crippen LogP contribution >= 0.6 is 11.8 Å². The van der Waals surface area contributed by atoms with Crippen LogP contribution in [0.5, 0.6) is 0 Å². The van der Waals surface area contributed by atoms with Crippen molar-refractivity contribution in [3.8, 4) is 11.1 Å². The maximum atomic E-state index is 14.1. The van der Waals surface area contributed by atoms with Crippen molar-refractivity contribution in [2.75, 3.05) is 43.4 Å². The predicted octanol–water partition coefficient (Wildman–Crippen LogP) is 3.80. The van der Waals surface area contributed by atoms with Gasteiger partial charge in [-0.25, -0.2) is 9.18 Å². The summed E-state index contributed by atoms with van der Waals surface area (Å²) >= 11 is 1.76. The van der Waals surface area contributed by atoms with Crippen molar-refractivity contribution in [1.82, 2.24) is 34.1 Å². The molecule has 1 fully saturated rings. The summed E-state index contributed by atoms with van der Waals surface area (Å²) in [4.78, 5) is 38.5. The molecule has 0 unspecified atom stereocenters. The van der Waals surface area contributed by atoms with E-state index in [1.165, 1.54) is 18.2 Å². The Kier molecular flexibility index (Phi) is 7.28. The molecule has 5 heterocycles. The Morgan fingerprint density at radius 1 is 1.14 bits per heavy atom. The van der Waals surface area contributed by atoms with Gasteiger partial charge in [-0.3, -0.25) is 14.3 Å². The number of rotatable bonds is 5. The predicted molar refractivity (Wildman–Crippen MR) is 170 cm³/mol. The van der Waals surface area contributed by atoms with E-state index in [1.807, 2.05) is 11.5 Å². The maximum absolute atomic E-state index is 14.1. The fourth-order valence-electron chi connectivity index (χ4n) is 6.96. The molecular formula is C32H35FN8O2S. The van der Waals surface area contributed by atoms with Gasteiger partial charge in [-0.15, -0.1) is 22.0 Å². The third-order valence-corrected chi connectivity index (χ3v) is 10.4. The fraction of sp³-hybridized carbons (Fsp3) is 0.406. The molecule has 1 saturated heterocycles. The van der Waals surface area contributed by atoms with E-state index in [1.54, 1.807) is 28.8 Å². The van der Waals surface area contributed by atoms with E-state index in [0.717, 1.165) is 57.2 Å². The molecule has 0 spiro atoms. The lowest BCUT2D eigenvalue weighted by atomic mass is 9.97. The summed E-state index contributed by atoms with van der Waals surface area (Å²) in [5.74, 6) is 2.85. The number of benzene rings is 2. The molecule has 7 rings (SSSR count). The summed E-state index contributed by atoms with van der Waals surface area (Å²) in [5, 5.41) is 9.54. The van der Waals surface area contributed by atoms with Crippen molar-refractivity contribution >= 4 is 34.4 Å². The van der Waals surface area contributed by atoms with Crippen LogP contribution in [0.15, 0.2) is 52.7 Å². The summed E-state index contributed by atoms with van der Waals surface area (Å²) in [6.07, 6.45) is 1.35. The summed E-state index contributed by atoms with van der Waals surface area (Å²) in [6, 6.07) is 8.56. The van der Waals surface area contributed by atoms with Crippen molar-refractivity contribution in [2.45, 2.75) is 50.8 Å². The Bertz CT molecular complexity index is 1850. The van der Waals surface area contributed by atoms with Crippen LogP contribution in [0.3, 0.4) is 0 Å². The number of carbonyl (C=O) groups excluding carboxylic acids is 1. The summed E-state index contributed by atoms with van der Waals surface area (Å²) in [7, 11) is 0. The second-order valence-electron chi connectivity index (χ2n) is 11.9. The molecule has 0 N–H and O–H groups in total. The lowest BCUT2D eigenvalue weighted by Crippen LogP contribution is -2.54. The average molecular weight is 615 g/mol. The molecule has 0 bridgehead atoms. The van der Waals surface area contributed by atoms with Crippen LogP contribution in [0.2, 0.25) is 0 Å². The van der Waals surface area contributed by atoms with E-state index in [0.29, 0.717) is 44.3 Å². The minimum Gasteiger partial charge on any atom is -0.350 e. The van der Waals surface area contributed by atoms with E-state index >= 15 is 0 Å². The zero-order valence-corrected chi connectivity index (χ0v) is 26.0. The first kappa shape index (κ1) is 28.7. The first-order valence-corrected chi connectivity index (χ1v) is 16.0. The van der Waals surface area contributed by atoms with E-state index in [2.05, 4.69) is 51.1 Å². The number of amides is 1. The normalized spacial score (nSPS) is 20.2. The number of hydrogen-bond donors (Lipinski definition) is 0. The van der Waals surface area contributed by atoms with Gasteiger partial charge in [-0.2, -0.15) is 4.98 Å². The van der Waals surface area contributed by atoms with E-state index in [4.69, 9.17) is 4.98 Å². The number of aryl methyl sites for hydroxylation is 2. The second kappa shape index (κ2) is 11.2. The van der Waals surface area contributed by atoms with Gasteiger partial charge in [0.05, 0.1) is 18.1 Å². The number of carbonyl (C=O) groups is 1. The quantitative estimate of drug-likeness (QED) is 0.314. The number of thioether (sulfide) groups is 1. The molecule has 3 aliphatic rings. The van der Waals surface area contributed by atoms with Crippen molar-refractivity contribution < 1.29 is 9.18 Å². The number of aromatic nitrogens is 5. The molecule has 4 aromatic rings. The largest absolute Gasteiger partial charge is 0.350 e. The third kappa shape index (κ3) is 4.80. The van der Waals surface area contributed by atoms with Crippen LogP contribution in [0.25, 0.3) is 22.0 Å². The van der Waals surface area contributed by atoms with Crippen molar-refractivity contribution in [1.29, 1.82) is 0 Å². The molecule has 2 aromatic carbocycles. The standard InChI is InChI=1S/C32H35FN8O2S/c1-5-27(42)38-11-13-39(20(3)15-38)31-25-14-19(2)28(22-6-8-23(33)9-7-22)30-29(25)41(32(43)34-31)24(18-44-30)16-37-10-12-40-21(4)35-36-26(40)17-37/h5-9,14,20,24H,1,10-13,15-18H2,2-4H3/t20-,24-/m0/s1. The molecule has 44 heavy (non-hydrogen) atoms. The second-order valence-corrected chi connectivity index (χ2v) is 13.0. The van der Waals surface area contributed by atoms with Crippen molar-refractivity contribution in [3.63, 3.8) is 0 Å². The lowest BCUT2D eigenvalue weighted by molar-refractivity contribution is -0.126. The number of fused-ring (bicyclic) bond motifs is 1. The van der Waals surface area contributed by atoms with Gasteiger partial charge in [-0.05, 0) is 56.2 Å². The van der Waals surface area contributed by atoms with Gasteiger partial charge in [0.2, 0.25) is 5.91 Å². The van der Waals surface area contributed by atoms with Gasteiger partial charge in [0.25, 0.3) is 0 Å². The molecule has 1 amide bonds. The molecule has 0 aliphatic carbocycles. The van der Waals surface area contributed by atoms with Crippen LogP contribution < -0.4 is 10.6 Å². The number of anilines is 1. The molecule has 2 aromatic heterocycles. The number of piperazine rings is 1. The van der Waals surface area contributed by atoms with E-state index < -0.39 is 0 Å². The van der Waals surface area contributed by atoms with Crippen LogP contribution in [-0.4, -0.2) is 84.5 Å². The van der Waals surface area contributed by atoms with E-state index in [9.17, 15) is 14.0 Å². The topological polar surface area (TPSA) is 92.4 Å². The minimum absolute atomic E-state index is 0.0420. The number of nitrogens with zero attached hydrogens (tertiary/aromatic N) is 8. The molecule has 10 nitrogen and oxygen atoms in total. The molecule has 3 aliphatic heterocycles. The molecule has 2 atom stereocenters. The SMILES string of the molecule is C=CC(=O)N1CCN(c2nc(=O)n3c4c(c(-c5ccc(F)cc5)c(C)cc24)SC[C@@H]3CN2CCn3c(C)nnc3C2)[C@@H](C)C1. The highest BCUT2D eigenvalue weighted by Gasteiger charge is 2.34. The zero-order chi connectivity index (χ0) is 30.7. The summed E-state index contributed by atoms with van der Waals surface area (Å²) in [6.45, 7) is 14.4. The molecule has 12 heteroatoms. The molecular weight excluding hydrogens is 579 g/mol. The minimum atomic E-state index is -0.285. The molecule has 228 valence electrons. The maximum Gasteiger partial charge on any atom is 0.350 e. The lowest BCUT2D eigenvalue weighted by Gasteiger charge is -2.41. The third-order valence-electron chi connectivity index (χ3n) is 9.13. The van der Waals surface area contributed by atoms with Crippen molar-refractivity contribution in [2.24, 2.45) is 0 Å². The first-order valence-electron chi connectivity index (χ1n) is 15.0. The smallest absolute Gasteiger partial charge is 0.350 e. The summed E-state index contributed by atoms with van der Waals surface area (Å²) in [5.41, 5.74) is 3.57. The first-order chi connectivity index (χ1) is 21.2. The van der Waals surface area contributed by atoms with Gasteiger partial charge >= 0.3 is 5.69 Å². The fourth-order valence-corrected chi connectivity index (χ4v) is 8.34. The number of halogens is 1. The summed E-state index contributed by atoms with van der Waals surface area (Å²) < 4.78 is 18.0. The van der Waals surface area contributed by atoms with Crippen LogP contribution in [-0.2, 0) is 17.9 Å². The molecule has 0 saturated carbocycles.